The van der Waals surface area contributed by atoms with E-state index in [9.17, 15) is 4.79 Å². The van der Waals surface area contributed by atoms with E-state index in [1.807, 2.05) is 36.1 Å². The van der Waals surface area contributed by atoms with Gasteiger partial charge in [0.15, 0.2) is 5.60 Å². The highest BCUT2D eigenvalue weighted by Gasteiger charge is 2.40. The molecular formula is C22H29N3O3. The van der Waals surface area contributed by atoms with Crippen LogP contribution in [0.4, 0.5) is 11.5 Å². The van der Waals surface area contributed by atoms with Crippen LogP contribution in [-0.2, 0) is 16.0 Å². The molecule has 0 aliphatic carbocycles. The number of amides is 1. The van der Waals surface area contributed by atoms with Gasteiger partial charge in [-0.2, -0.15) is 0 Å². The Labute approximate surface area is 166 Å². The highest BCUT2D eigenvalue weighted by Crippen LogP contribution is 2.41. The summed E-state index contributed by atoms with van der Waals surface area (Å²) in [7, 11) is 1.67. The molecular weight excluding hydrogens is 354 g/mol. The number of benzene rings is 1. The summed E-state index contributed by atoms with van der Waals surface area (Å²) < 4.78 is 11.2. The third-order valence-corrected chi connectivity index (χ3v) is 5.04. The van der Waals surface area contributed by atoms with E-state index in [-0.39, 0.29) is 5.91 Å². The zero-order chi connectivity index (χ0) is 20.5. The SMILES string of the molecule is CCc1nc(N)cc(C)c1-c1ccc2c(c1)N(CCCOC)C(=O)C(C)(C)O2. The molecule has 2 heterocycles. The molecule has 0 saturated heterocycles. The molecule has 1 aliphatic heterocycles. The van der Waals surface area contributed by atoms with Gasteiger partial charge in [0, 0.05) is 25.8 Å². The topological polar surface area (TPSA) is 77.7 Å². The minimum absolute atomic E-state index is 0.0453. The van der Waals surface area contributed by atoms with Crippen LogP contribution < -0.4 is 15.4 Å². The number of nitrogens with two attached hydrogens (primary N) is 1. The average Bonchev–Trinajstić information content (AvgIpc) is 2.64. The summed E-state index contributed by atoms with van der Waals surface area (Å²) in [6.45, 7) is 8.89. The first-order valence-corrected chi connectivity index (χ1v) is 9.68. The van der Waals surface area contributed by atoms with Crippen molar-refractivity contribution in [3.63, 3.8) is 0 Å². The number of methoxy groups -OCH3 is 1. The molecule has 6 heteroatoms. The van der Waals surface area contributed by atoms with Crippen LogP contribution in [0.2, 0.25) is 0 Å². The van der Waals surface area contributed by atoms with Gasteiger partial charge in [0.1, 0.15) is 11.6 Å². The molecule has 0 fully saturated rings. The van der Waals surface area contributed by atoms with Crippen molar-refractivity contribution in [2.45, 2.75) is 46.1 Å². The van der Waals surface area contributed by atoms with Crippen molar-refractivity contribution in [3.8, 4) is 16.9 Å². The second-order valence-electron chi connectivity index (χ2n) is 7.64. The van der Waals surface area contributed by atoms with E-state index in [2.05, 4.69) is 11.9 Å². The van der Waals surface area contributed by atoms with Crippen LogP contribution in [0.3, 0.4) is 0 Å². The van der Waals surface area contributed by atoms with Crippen LogP contribution >= 0.6 is 0 Å². The van der Waals surface area contributed by atoms with Crippen LogP contribution in [0.1, 0.15) is 38.4 Å². The second kappa shape index (κ2) is 7.80. The predicted molar refractivity (Wildman–Crippen MR) is 112 cm³/mol. The Balaban J connectivity index is 2.10. The maximum absolute atomic E-state index is 13.0. The number of anilines is 2. The Morgan fingerprint density at radius 3 is 2.71 bits per heavy atom. The van der Waals surface area contributed by atoms with E-state index < -0.39 is 5.60 Å². The standard InChI is InChI=1S/C22H29N3O3/c1-6-16-20(14(2)12-19(23)24-16)15-8-9-18-17(13-15)25(10-7-11-27-5)21(26)22(3,4)28-18/h8-9,12-13H,6-7,10-11H2,1-5H3,(H2,23,24). The number of aryl methyl sites for hydroxylation is 2. The van der Waals surface area contributed by atoms with Gasteiger partial charge in [0.05, 0.1) is 11.4 Å². The van der Waals surface area contributed by atoms with Gasteiger partial charge >= 0.3 is 0 Å². The number of carbonyl (C=O) groups is 1. The van der Waals surface area contributed by atoms with Crippen molar-refractivity contribution in [3.05, 3.63) is 35.5 Å². The van der Waals surface area contributed by atoms with Crippen molar-refractivity contribution < 1.29 is 14.3 Å². The minimum atomic E-state index is -0.894. The summed E-state index contributed by atoms with van der Waals surface area (Å²) in [5.41, 5.74) is 9.92. The molecule has 2 aromatic rings. The Bertz CT molecular complexity index is 893. The number of aromatic nitrogens is 1. The van der Waals surface area contributed by atoms with Crippen LogP contribution in [0.5, 0.6) is 5.75 Å². The fraction of sp³-hybridized carbons (Fsp3) is 0.455. The van der Waals surface area contributed by atoms with Gasteiger partial charge in [-0.1, -0.05) is 13.0 Å². The number of ether oxygens (including phenoxy) is 2. The molecule has 1 amide bonds. The molecule has 1 aromatic heterocycles. The maximum Gasteiger partial charge on any atom is 0.270 e. The van der Waals surface area contributed by atoms with Crippen LogP contribution in [0.15, 0.2) is 24.3 Å². The molecule has 0 bridgehead atoms. The fourth-order valence-electron chi connectivity index (χ4n) is 3.73. The van der Waals surface area contributed by atoms with Crippen molar-refractivity contribution in [2.24, 2.45) is 0 Å². The van der Waals surface area contributed by atoms with E-state index in [0.29, 0.717) is 24.7 Å². The summed E-state index contributed by atoms with van der Waals surface area (Å²) in [5.74, 6) is 1.19. The van der Waals surface area contributed by atoms with E-state index in [0.717, 1.165) is 40.9 Å². The second-order valence-corrected chi connectivity index (χ2v) is 7.64. The Morgan fingerprint density at radius 2 is 2.04 bits per heavy atom. The molecule has 0 unspecified atom stereocenters. The number of hydrogen-bond acceptors (Lipinski definition) is 5. The molecule has 0 saturated carbocycles. The van der Waals surface area contributed by atoms with Crippen molar-refractivity contribution in [1.82, 2.24) is 4.98 Å². The molecule has 6 nitrogen and oxygen atoms in total. The number of pyridine rings is 1. The number of nitrogens with zero attached hydrogens (tertiary/aromatic N) is 2. The smallest absolute Gasteiger partial charge is 0.270 e. The molecule has 0 atom stereocenters. The first kappa shape index (κ1) is 20.1. The minimum Gasteiger partial charge on any atom is -0.476 e. The molecule has 2 N–H and O–H groups in total. The summed E-state index contributed by atoms with van der Waals surface area (Å²) in [6, 6.07) is 7.87. The van der Waals surface area contributed by atoms with Gasteiger partial charge in [0.2, 0.25) is 0 Å². The molecule has 3 rings (SSSR count). The Hall–Kier alpha value is -2.60. The van der Waals surface area contributed by atoms with Gasteiger partial charge in [-0.3, -0.25) is 4.79 Å². The predicted octanol–water partition coefficient (Wildman–Crippen LogP) is 3.74. The number of fused-ring (bicyclic) bond motifs is 1. The highest BCUT2D eigenvalue weighted by atomic mass is 16.5. The van der Waals surface area contributed by atoms with Crippen LogP contribution in [-0.4, -0.2) is 36.8 Å². The number of rotatable bonds is 6. The fourth-order valence-corrected chi connectivity index (χ4v) is 3.73. The molecule has 1 aliphatic rings. The highest BCUT2D eigenvalue weighted by molar-refractivity contribution is 6.03. The molecule has 0 spiro atoms. The van der Waals surface area contributed by atoms with E-state index in [1.165, 1.54) is 0 Å². The molecule has 0 radical (unpaired) electrons. The number of hydrogen-bond donors (Lipinski definition) is 1. The van der Waals surface area contributed by atoms with Gasteiger partial charge in [-0.25, -0.2) is 4.98 Å². The summed E-state index contributed by atoms with van der Waals surface area (Å²) in [5, 5.41) is 0. The van der Waals surface area contributed by atoms with E-state index >= 15 is 0 Å². The zero-order valence-corrected chi connectivity index (χ0v) is 17.3. The molecule has 28 heavy (non-hydrogen) atoms. The number of nitrogen functional groups attached to an aromatic ring is 1. The van der Waals surface area contributed by atoms with Gasteiger partial charge in [-0.15, -0.1) is 0 Å². The van der Waals surface area contributed by atoms with Gasteiger partial charge in [-0.05, 0) is 62.9 Å². The van der Waals surface area contributed by atoms with Crippen LogP contribution in [0.25, 0.3) is 11.1 Å². The third-order valence-electron chi connectivity index (χ3n) is 5.04. The van der Waals surface area contributed by atoms with Crippen molar-refractivity contribution >= 4 is 17.4 Å². The lowest BCUT2D eigenvalue weighted by molar-refractivity contribution is -0.132. The lowest BCUT2D eigenvalue weighted by Gasteiger charge is -2.39. The quantitative estimate of drug-likeness (QED) is 0.769. The summed E-state index contributed by atoms with van der Waals surface area (Å²) in [4.78, 5) is 19.3. The van der Waals surface area contributed by atoms with E-state index in [1.54, 1.807) is 21.0 Å². The normalized spacial score (nSPS) is 15.3. The summed E-state index contributed by atoms with van der Waals surface area (Å²) >= 11 is 0. The maximum atomic E-state index is 13.0. The average molecular weight is 383 g/mol. The van der Waals surface area contributed by atoms with Gasteiger partial charge < -0.3 is 20.1 Å². The lowest BCUT2D eigenvalue weighted by atomic mass is 9.95. The first-order valence-electron chi connectivity index (χ1n) is 9.68. The van der Waals surface area contributed by atoms with E-state index in [4.69, 9.17) is 15.2 Å². The lowest BCUT2D eigenvalue weighted by Crippen LogP contribution is -2.52. The Kier molecular flexibility index (Phi) is 5.61. The van der Waals surface area contributed by atoms with Gasteiger partial charge in [0.25, 0.3) is 5.91 Å². The van der Waals surface area contributed by atoms with Crippen molar-refractivity contribution in [2.75, 3.05) is 30.9 Å². The summed E-state index contributed by atoms with van der Waals surface area (Å²) in [6.07, 6.45) is 1.53. The Morgan fingerprint density at radius 1 is 1.29 bits per heavy atom. The largest absolute Gasteiger partial charge is 0.476 e. The molecule has 150 valence electrons. The zero-order valence-electron chi connectivity index (χ0n) is 17.3. The monoisotopic (exact) mass is 383 g/mol. The number of carbonyl (C=O) groups excluding carboxylic acids is 1. The first-order chi connectivity index (χ1) is 13.3. The van der Waals surface area contributed by atoms with Crippen LogP contribution in [0, 0.1) is 6.92 Å². The van der Waals surface area contributed by atoms with Crippen molar-refractivity contribution in [1.29, 1.82) is 0 Å². The molecule has 1 aromatic carbocycles. The third kappa shape index (κ3) is 3.69.